The van der Waals surface area contributed by atoms with Crippen molar-refractivity contribution < 1.29 is 13.9 Å². The van der Waals surface area contributed by atoms with Crippen molar-refractivity contribution in [3.63, 3.8) is 0 Å². The van der Waals surface area contributed by atoms with Crippen molar-refractivity contribution in [3.8, 4) is 23.0 Å². The van der Waals surface area contributed by atoms with Crippen LogP contribution in [0.2, 0.25) is 5.02 Å². The number of oxazole rings is 1. The van der Waals surface area contributed by atoms with E-state index in [0.29, 0.717) is 40.8 Å². The molecule has 0 aliphatic carbocycles. The van der Waals surface area contributed by atoms with E-state index >= 15 is 0 Å². The topological polar surface area (TPSA) is 55.6 Å². The minimum Gasteiger partial charge on any atom is -0.457 e. The number of nitrogens with zero attached hydrogens (tertiary/aromatic N) is 2. The number of rotatable bonds is 8. The maximum atomic E-state index is 12.2. The SMILES string of the molecule is CCN(CC)C(=O)CCc1ccc(-c2nc3ccc(Oc4ccc(Cl)cc4)cc3o2)cc1. The third-order valence-electron chi connectivity index (χ3n) is 5.35. The summed E-state index contributed by atoms with van der Waals surface area (Å²) in [4.78, 5) is 18.7. The van der Waals surface area contributed by atoms with Crippen molar-refractivity contribution in [2.45, 2.75) is 26.7 Å². The fraction of sp³-hybridized carbons (Fsp3) is 0.231. The Hall–Kier alpha value is -3.31. The van der Waals surface area contributed by atoms with Crippen molar-refractivity contribution in [1.29, 1.82) is 0 Å². The van der Waals surface area contributed by atoms with Gasteiger partial charge in [0, 0.05) is 36.2 Å². The lowest BCUT2D eigenvalue weighted by molar-refractivity contribution is -0.130. The molecule has 0 radical (unpaired) electrons. The van der Waals surface area contributed by atoms with Crippen molar-refractivity contribution in [2.24, 2.45) is 0 Å². The first-order valence-corrected chi connectivity index (χ1v) is 11.1. The van der Waals surface area contributed by atoms with Crippen LogP contribution >= 0.6 is 11.6 Å². The Morgan fingerprint density at radius 1 is 0.969 bits per heavy atom. The van der Waals surface area contributed by atoms with E-state index in [9.17, 15) is 4.79 Å². The highest BCUT2D eigenvalue weighted by Crippen LogP contribution is 2.30. The van der Waals surface area contributed by atoms with Crippen LogP contribution in [0.3, 0.4) is 0 Å². The zero-order chi connectivity index (χ0) is 22.5. The van der Waals surface area contributed by atoms with E-state index in [2.05, 4.69) is 4.98 Å². The number of hydrogen-bond acceptors (Lipinski definition) is 4. The standard InChI is InChI=1S/C26H25ClN2O3/c1-3-29(4-2)25(30)16-7-18-5-8-19(9-6-18)26-28-23-15-14-22(17-24(23)32-26)31-21-12-10-20(27)11-13-21/h5-6,8-15,17H,3-4,7,16H2,1-2H3. The van der Waals surface area contributed by atoms with Crippen LogP contribution in [0.25, 0.3) is 22.6 Å². The molecule has 0 spiro atoms. The molecule has 1 amide bonds. The summed E-state index contributed by atoms with van der Waals surface area (Å²) in [7, 11) is 0. The van der Waals surface area contributed by atoms with Crippen LogP contribution in [0, 0.1) is 0 Å². The van der Waals surface area contributed by atoms with Crippen LogP contribution in [0.15, 0.2) is 71.1 Å². The van der Waals surface area contributed by atoms with E-state index in [1.807, 2.05) is 73.3 Å². The van der Waals surface area contributed by atoms with Crippen molar-refractivity contribution in [1.82, 2.24) is 9.88 Å². The molecular formula is C26H25ClN2O3. The summed E-state index contributed by atoms with van der Waals surface area (Å²) in [5.41, 5.74) is 3.42. The predicted octanol–water partition coefficient (Wildman–Crippen LogP) is 6.74. The maximum Gasteiger partial charge on any atom is 0.227 e. The molecule has 0 bridgehead atoms. The average molecular weight is 449 g/mol. The molecule has 0 atom stereocenters. The van der Waals surface area contributed by atoms with E-state index in [0.717, 1.165) is 29.7 Å². The molecule has 4 rings (SSSR count). The Balaban J connectivity index is 1.45. The summed E-state index contributed by atoms with van der Waals surface area (Å²) in [6.45, 7) is 5.50. The quantitative estimate of drug-likeness (QED) is 0.299. The van der Waals surface area contributed by atoms with Crippen molar-refractivity contribution in [2.75, 3.05) is 13.1 Å². The Bertz CT molecular complexity index is 1200. The predicted molar refractivity (Wildman–Crippen MR) is 127 cm³/mol. The van der Waals surface area contributed by atoms with E-state index in [-0.39, 0.29) is 5.91 Å². The lowest BCUT2D eigenvalue weighted by Crippen LogP contribution is -2.30. The summed E-state index contributed by atoms with van der Waals surface area (Å²) in [5.74, 6) is 2.10. The molecule has 1 heterocycles. The zero-order valence-corrected chi connectivity index (χ0v) is 18.9. The number of ether oxygens (including phenoxy) is 1. The Morgan fingerprint density at radius 3 is 2.34 bits per heavy atom. The molecule has 32 heavy (non-hydrogen) atoms. The second kappa shape index (κ2) is 9.88. The van der Waals surface area contributed by atoms with Crippen LogP contribution < -0.4 is 4.74 Å². The number of aryl methyl sites for hydroxylation is 1. The van der Waals surface area contributed by atoms with Gasteiger partial charge in [-0.2, -0.15) is 0 Å². The molecule has 6 heteroatoms. The lowest BCUT2D eigenvalue weighted by atomic mass is 10.1. The molecule has 164 valence electrons. The third-order valence-corrected chi connectivity index (χ3v) is 5.61. The molecule has 0 saturated carbocycles. The van der Waals surface area contributed by atoms with Crippen LogP contribution in [0.5, 0.6) is 11.5 Å². The fourth-order valence-electron chi connectivity index (χ4n) is 3.53. The summed E-state index contributed by atoms with van der Waals surface area (Å²) < 4.78 is 11.9. The number of benzene rings is 3. The fourth-order valence-corrected chi connectivity index (χ4v) is 3.66. The van der Waals surface area contributed by atoms with Gasteiger partial charge in [0.1, 0.15) is 17.0 Å². The van der Waals surface area contributed by atoms with Crippen LogP contribution in [0.1, 0.15) is 25.8 Å². The van der Waals surface area contributed by atoms with Gasteiger partial charge in [-0.3, -0.25) is 4.79 Å². The molecule has 3 aromatic carbocycles. The van der Waals surface area contributed by atoms with Gasteiger partial charge in [0.25, 0.3) is 0 Å². The van der Waals surface area contributed by atoms with Gasteiger partial charge in [0.2, 0.25) is 11.8 Å². The molecule has 0 fully saturated rings. The van der Waals surface area contributed by atoms with Crippen LogP contribution in [-0.2, 0) is 11.2 Å². The number of carbonyl (C=O) groups is 1. The molecule has 0 N–H and O–H groups in total. The third kappa shape index (κ3) is 5.11. The number of halogens is 1. The highest BCUT2D eigenvalue weighted by Gasteiger charge is 2.12. The van der Waals surface area contributed by atoms with Gasteiger partial charge in [0.15, 0.2) is 5.58 Å². The van der Waals surface area contributed by atoms with Crippen LogP contribution in [0.4, 0.5) is 0 Å². The van der Waals surface area contributed by atoms with Gasteiger partial charge in [-0.1, -0.05) is 23.7 Å². The minimum absolute atomic E-state index is 0.189. The van der Waals surface area contributed by atoms with E-state index in [4.69, 9.17) is 20.8 Å². The first kappa shape index (κ1) is 21.9. The summed E-state index contributed by atoms with van der Waals surface area (Å²) in [5, 5.41) is 0.661. The molecule has 4 aromatic rings. The number of hydrogen-bond donors (Lipinski definition) is 0. The average Bonchev–Trinajstić information content (AvgIpc) is 3.24. The zero-order valence-electron chi connectivity index (χ0n) is 18.2. The monoisotopic (exact) mass is 448 g/mol. The van der Waals surface area contributed by atoms with Gasteiger partial charge in [0.05, 0.1) is 0 Å². The van der Waals surface area contributed by atoms with Crippen molar-refractivity contribution in [3.05, 3.63) is 77.3 Å². The van der Waals surface area contributed by atoms with Gasteiger partial charge in [-0.05, 0) is 74.4 Å². The molecule has 0 aliphatic heterocycles. The smallest absolute Gasteiger partial charge is 0.227 e. The Labute approximate surface area is 192 Å². The summed E-state index contributed by atoms with van der Waals surface area (Å²) >= 11 is 5.92. The second-order valence-electron chi connectivity index (χ2n) is 7.47. The lowest BCUT2D eigenvalue weighted by Gasteiger charge is -2.18. The maximum absolute atomic E-state index is 12.2. The number of carbonyl (C=O) groups excluding carboxylic acids is 1. The van der Waals surface area contributed by atoms with Gasteiger partial charge in [-0.25, -0.2) is 4.98 Å². The normalized spacial score (nSPS) is 11.0. The molecule has 0 unspecified atom stereocenters. The van der Waals surface area contributed by atoms with Crippen molar-refractivity contribution >= 4 is 28.6 Å². The highest BCUT2D eigenvalue weighted by atomic mass is 35.5. The largest absolute Gasteiger partial charge is 0.457 e. The Morgan fingerprint density at radius 2 is 1.66 bits per heavy atom. The molecule has 0 saturated heterocycles. The van der Waals surface area contributed by atoms with E-state index < -0.39 is 0 Å². The Kier molecular flexibility index (Phi) is 6.76. The number of aromatic nitrogens is 1. The number of fused-ring (bicyclic) bond motifs is 1. The first-order valence-electron chi connectivity index (χ1n) is 10.8. The molecule has 0 aliphatic rings. The summed E-state index contributed by atoms with van der Waals surface area (Å²) in [6.07, 6.45) is 1.23. The van der Waals surface area contributed by atoms with Crippen LogP contribution in [-0.4, -0.2) is 28.9 Å². The highest BCUT2D eigenvalue weighted by molar-refractivity contribution is 6.30. The first-order chi connectivity index (χ1) is 15.6. The van der Waals surface area contributed by atoms with Gasteiger partial charge < -0.3 is 14.1 Å². The molecule has 5 nitrogen and oxygen atoms in total. The van der Waals surface area contributed by atoms with Gasteiger partial charge >= 0.3 is 0 Å². The molecule has 1 aromatic heterocycles. The minimum atomic E-state index is 0.189. The van der Waals surface area contributed by atoms with E-state index in [1.165, 1.54) is 0 Å². The second-order valence-corrected chi connectivity index (χ2v) is 7.90. The van der Waals surface area contributed by atoms with Gasteiger partial charge in [-0.15, -0.1) is 0 Å². The molecular weight excluding hydrogens is 424 g/mol. The number of amides is 1. The summed E-state index contributed by atoms with van der Waals surface area (Å²) in [6, 6.07) is 20.8. The van der Waals surface area contributed by atoms with E-state index in [1.54, 1.807) is 12.1 Å².